The number of aromatic nitrogens is 3. The Labute approximate surface area is 150 Å². The lowest BCUT2D eigenvalue weighted by atomic mass is 10.1. The number of benzene rings is 1. The molecular weight excluding hydrogens is 335 g/mol. The Morgan fingerprint density at radius 3 is 2.62 bits per heavy atom. The van der Waals surface area contributed by atoms with Crippen molar-refractivity contribution >= 4 is 5.91 Å². The molecule has 0 N–H and O–H groups in total. The highest BCUT2D eigenvalue weighted by molar-refractivity contribution is 5.92. The van der Waals surface area contributed by atoms with Crippen LogP contribution in [0.25, 0.3) is 11.4 Å². The summed E-state index contributed by atoms with van der Waals surface area (Å²) in [6, 6.07) is 13.5. The fourth-order valence-electron chi connectivity index (χ4n) is 2.53. The summed E-state index contributed by atoms with van der Waals surface area (Å²) in [6.07, 6.45) is 2.29. The van der Waals surface area contributed by atoms with Gasteiger partial charge in [-0.1, -0.05) is 18.2 Å². The lowest BCUT2D eigenvalue weighted by Gasteiger charge is -2.14. The van der Waals surface area contributed by atoms with E-state index in [0.29, 0.717) is 30.0 Å². The van der Waals surface area contributed by atoms with E-state index < -0.39 is 0 Å². The van der Waals surface area contributed by atoms with E-state index in [1.165, 1.54) is 19.2 Å². The molecule has 134 valence electrons. The van der Waals surface area contributed by atoms with Crippen molar-refractivity contribution in [2.45, 2.75) is 13.0 Å². The largest absolute Gasteiger partial charge is 0.295 e. The predicted octanol–water partition coefficient (Wildman–Crippen LogP) is 2.96. The highest BCUT2D eigenvalue weighted by atomic mass is 19.1. The van der Waals surface area contributed by atoms with Crippen molar-refractivity contribution in [1.29, 1.82) is 0 Å². The van der Waals surface area contributed by atoms with Gasteiger partial charge in [-0.25, -0.2) is 9.45 Å². The fraction of sp³-hybridized carbons (Fsp3) is 0.211. The summed E-state index contributed by atoms with van der Waals surface area (Å²) < 4.78 is 14.7. The van der Waals surface area contributed by atoms with Crippen LogP contribution < -0.4 is 0 Å². The zero-order valence-electron chi connectivity index (χ0n) is 14.6. The highest BCUT2D eigenvalue weighted by Crippen LogP contribution is 2.18. The predicted molar refractivity (Wildman–Crippen MR) is 94.7 cm³/mol. The van der Waals surface area contributed by atoms with Crippen LogP contribution >= 0.6 is 0 Å². The first-order valence-electron chi connectivity index (χ1n) is 8.14. The number of pyridine rings is 1. The summed E-state index contributed by atoms with van der Waals surface area (Å²) in [6.45, 7) is 0.469. The minimum atomic E-state index is -0.304. The van der Waals surface area contributed by atoms with E-state index in [9.17, 15) is 9.18 Å². The second-order valence-electron chi connectivity index (χ2n) is 5.71. The van der Waals surface area contributed by atoms with E-state index >= 15 is 0 Å². The van der Waals surface area contributed by atoms with Crippen molar-refractivity contribution in [2.24, 2.45) is 0 Å². The Bertz CT molecular complexity index is 878. The lowest BCUT2D eigenvalue weighted by Crippen LogP contribution is -2.28. The number of nitrogens with zero attached hydrogens (tertiary/aromatic N) is 4. The zero-order chi connectivity index (χ0) is 18.5. The Morgan fingerprint density at radius 1 is 1.19 bits per heavy atom. The number of hydrogen-bond donors (Lipinski definition) is 0. The van der Waals surface area contributed by atoms with Crippen molar-refractivity contribution in [3.8, 4) is 11.4 Å². The molecule has 2 heterocycles. The van der Waals surface area contributed by atoms with E-state index in [2.05, 4.69) is 10.1 Å². The van der Waals surface area contributed by atoms with Gasteiger partial charge in [0.2, 0.25) is 0 Å². The molecule has 2 aromatic heterocycles. The zero-order valence-corrected chi connectivity index (χ0v) is 14.6. The molecule has 7 heteroatoms. The quantitative estimate of drug-likeness (QED) is 0.639. The summed E-state index contributed by atoms with van der Waals surface area (Å²) >= 11 is 0. The molecule has 26 heavy (non-hydrogen) atoms. The van der Waals surface area contributed by atoms with Crippen LogP contribution in [0.4, 0.5) is 4.39 Å². The van der Waals surface area contributed by atoms with Gasteiger partial charge in [-0.3, -0.25) is 19.3 Å². The van der Waals surface area contributed by atoms with E-state index in [4.69, 9.17) is 4.84 Å². The van der Waals surface area contributed by atoms with Gasteiger partial charge in [0.05, 0.1) is 12.8 Å². The van der Waals surface area contributed by atoms with Crippen LogP contribution in [-0.4, -0.2) is 39.9 Å². The molecule has 0 unspecified atom stereocenters. The average Bonchev–Trinajstić information content (AvgIpc) is 3.11. The average molecular weight is 354 g/mol. The standard InChI is InChI=1S/C19H19FN4O2/c1-23(26-2)19(25)18-13-17(16-5-3-4-11-21-16)22-24(18)12-10-14-6-8-15(20)9-7-14/h3-9,11,13H,10,12H2,1-2H3. The van der Waals surface area contributed by atoms with Gasteiger partial charge in [0.1, 0.15) is 17.2 Å². The first-order chi connectivity index (χ1) is 12.6. The summed E-state index contributed by atoms with van der Waals surface area (Å²) in [7, 11) is 2.97. The van der Waals surface area contributed by atoms with Gasteiger partial charge in [0.15, 0.2) is 0 Å². The second kappa shape index (κ2) is 7.88. The molecule has 0 aliphatic heterocycles. The Balaban J connectivity index is 1.89. The third-order valence-corrected chi connectivity index (χ3v) is 4.01. The number of carbonyl (C=O) groups excluding carboxylic acids is 1. The van der Waals surface area contributed by atoms with Crippen LogP contribution in [0.1, 0.15) is 16.1 Å². The SMILES string of the molecule is CON(C)C(=O)c1cc(-c2ccccn2)nn1CCc1ccc(F)cc1. The first kappa shape index (κ1) is 17.8. The van der Waals surface area contributed by atoms with Crippen LogP contribution in [0.15, 0.2) is 54.7 Å². The minimum absolute atomic E-state index is 0.275. The van der Waals surface area contributed by atoms with Crippen LogP contribution in [0.2, 0.25) is 0 Å². The number of hydroxylamine groups is 2. The van der Waals surface area contributed by atoms with Gasteiger partial charge in [-0.15, -0.1) is 0 Å². The minimum Gasteiger partial charge on any atom is -0.274 e. The molecule has 0 aliphatic rings. The van der Waals surface area contributed by atoms with Gasteiger partial charge in [-0.2, -0.15) is 5.10 Å². The number of carbonyl (C=O) groups is 1. The smallest absolute Gasteiger partial charge is 0.274 e. The molecule has 1 amide bonds. The number of rotatable bonds is 6. The highest BCUT2D eigenvalue weighted by Gasteiger charge is 2.20. The van der Waals surface area contributed by atoms with E-state index in [-0.39, 0.29) is 11.7 Å². The second-order valence-corrected chi connectivity index (χ2v) is 5.71. The number of amides is 1. The molecule has 0 bridgehead atoms. The summed E-state index contributed by atoms with van der Waals surface area (Å²) in [5.74, 6) is -0.579. The van der Waals surface area contributed by atoms with Crippen LogP contribution in [0.3, 0.4) is 0 Å². The van der Waals surface area contributed by atoms with Crippen LogP contribution in [0, 0.1) is 5.82 Å². The maximum absolute atomic E-state index is 13.1. The third-order valence-electron chi connectivity index (χ3n) is 4.01. The Morgan fingerprint density at radius 2 is 1.96 bits per heavy atom. The molecule has 0 radical (unpaired) electrons. The number of hydrogen-bond acceptors (Lipinski definition) is 4. The normalized spacial score (nSPS) is 10.7. The van der Waals surface area contributed by atoms with Crippen molar-refractivity contribution in [3.63, 3.8) is 0 Å². The molecule has 3 rings (SSSR count). The third kappa shape index (κ3) is 3.94. The van der Waals surface area contributed by atoms with Gasteiger partial charge < -0.3 is 0 Å². The Kier molecular flexibility index (Phi) is 5.38. The summed E-state index contributed by atoms with van der Waals surface area (Å²) in [5, 5.41) is 5.67. The van der Waals surface area contributed by atoms with Crippen molar-refractivity contribution < 1.29 is 14.0 Å². The van der Waals surface area contributed by atoms with E-state index in [1.807, 2.05) is 18.2 Å². The van der Waals surface area contributed by atoms with Gasteiger partial charge in [0, 0.05) is 19.8 Å². The van der Waals surface area contributed by atoms with E-state index in [1.54, 1.807) is 36.1 Å². The number of aryl methyl sites for hydroxylation is 2. The van der Waals surface area contributed by atoms with Crippen molar-refractivity contribution in [2.75, 3.05) is 14.2 Å². The molecule has 3 aromatic rings. The van der Waals surface area contributed by atoms with Crippen molar-refractivity contribution in [3.05, 3.63) is 71.8 Å². The molecule has 0 aliphatic carbocycles. The molecular formula is C19H19FN4O2. The van der Waals surface area contributed by atoms with Crippen molar-refractivity contribution in [1.82, 2.24) is 19.8 Å². The molecule has 0 fully saturated rings. The Hall–Kier alpha value is -3.06. The fourth-order valence-corrected chi connectivity index (χ4v) is 2.53. The summed E-state index contributed by atoms with van der Waals surface area (Å²) in [4.78, 5) is 21.8. The molecule has 0 spiro atoms. The van der Waals surface area contributed by atoms with Crippen LogP contribution in [-0.2, 0) is 17.8 Å². The topological polar surface area (TPSA) is 60.2 Å². The molecule has 0 atom stereocenters. The lowest BCUT2D eigenvalue weighted by molar-refractivity contribution is -0.0763. The molecule has 0 saturated heterocycles. The molecule has 0 saturated carbocycles. The number of halogens is 1. The molecule has 6 nitrogen and oxygen atoms in total. The summed E-state index contributed by atoms with van der Waals surface area (Å²) in [5.41, 5.74) is 2.65. The van der Waals surface area contributed by atoms with Gasteiger partial charge >= 0.3 is 0 Å². The van der Waals surface area contributed by atoms with Crippen LogP contribution in [0.5, 0.6) is 0 Å². The molecule has 1 aromatic carbocycles. The van der Waals surface area contributed by atoms with Gasteiger partial charge in [0.25, 0.3) is 5.91 Å². The monoisotopic (exact) mass is 354 g/mol. The first-order valence-corrected chi connectivity index (χ1v) is 8.14. The maximum Gasteiger partial charge on any atom is 0.295 e. The maximum atomic E-state index is 13.1. The van der Waals surface area contributed by atoms with Gasteiger partial charge in [-0.05, 0) is 42.3 Å². The van der Waals surface area contributed by atoms with E-state index in [0.717, 1.165) is 10.6 Å².